The van der Waals surface area contributed by atoms with E-state index in [1.807, 2.05) is 7.05 Å². The van der Waals surface area contributed by atoms with E-state index >= 15 is 0 Å². The number of hydrogen-bond acceptors (Lipinski definition) is 2. The van der Waals surface area contributed by atoms with E-state index < -0.39 is 0 Å². The van der Waals surface area contributed by atoms with Gasteiger partial charge in [0.25, 0.3) is 0 Å². The number of nitrogens with zero attached hydrogens (tertiary/aromatic N) is 1. The van der Waals surface area contributed by atoms with Crippen LogP contribution in [0.3, 0.4) is 0 Å². The van der Waals surface area contributed by atoms with Crippen molar-refractivity contribution in [2.75, 3.05) is 18.5 Å². The van der Waals surface area contributed by atoms with Gasteiger partial charge in [-0.15, -0.1) is 0 Å². The molecule has 2 unspecified atom stereocenters. The molecule has 2 aliphatic rings. The third kappa shape index (κ3) is 2.51. The maximum absolute atomic E-state index is 3.23. The number of anilines is 1. The van der Waals surface area contributed by atoms with Crippen LogP contribution in [0.1, 0.15) is 43.2 Å². The van der Waals surface area contributed by atoms with Crippen molar-refractivity contribution in [2.24, 2.45) is 5.92 Å². The molecule has 3 rings (SSSR count). The van der Waals surface area contributed by atoms with Gasteiger partial charge in [0.15, 0.2) is 0 Å². The summed E-state index contributed by atoms with van der Waals surface area (Å²) < 4.78 is 0. The summed E-state index contributed by atoms with van der Waals surface area (Å²) in [7, 11) is 2.01. The Hall–Kier alpha value is -1.02. The molecule has 19 heavy (non-hydrogen) atoms. The van der Waals surface area contributed by atoms with Gasteiger partial charge in [-0.25, -0.2) is 0 Å². The van der Waals surface area contributed by atoms with Crippen LogP contribution >= 0.6 is 0 Å². The predicted octanol–water partition coefficient (Wildman–Crippen LogP) is 3.48. The Kier molecular flexibility index (Phi) is 3.79. The molecule has 104 valence electrons. The molecule has 1 saturated carbocycles. The summed E-state index contributed by atoms with van der Waals surface area (Å²) in [6.07, 6.45) is 7.13. The highest BCUT2D eigenvalue weighted by molar-refractivity contribution is 5.56. The highest BCUT2D eigenvalue weighted by Gasteiger charge is 2.35. The smallest absolute Gasteiger partial charge is 0.0398 e. The molecule has 2 fully saturated rings. The molecule has 0 amide bonds. The summed E-state index contributed by atoms with van der Waals surface area (Å²) in [5, 5.41) is 3.23. The fourth-order valence-electron chi connectivity index (χ4n) is 4.11. The lowest BCUT2D eigenvalue weighted by molar-refractivity contribution is 0.362. The second-order valence-electron chi connectivity index (χ2n) is 6.25. The van der Waals surface area contributed by atoms with Crippen LogP contribution in [0.5, 0.6) is 0 Å². The summed E-state index contributed by atoms with van der Waals surface area (Å²) in [6.45, 7) is 4.49. The van der Waals surface area contributed by atoms with Crippen molar-refractivity contribution < 1.29 is 0 Å². The Bertz CT molecular complexity index is 441. The van der Waals surface area contributed by atoms with Gasteiger partial charge in [-0.2, -0.15) is 0 Å². The first-order chi connectivity index (χ1) is 9.29. The predicted molar refractivity (Wildman–Crippen MR) is 81.7 cm³/mol. The molecular weight excluding hydrogens is 232 g/mol. The van der Waals surface area contributed by atoms with Gasteiger partial charge in [-0.1, -0.05) is 18.6 Å². The maximum atomic E-state index is 3.23. The Labute approximate surface area is 117 Å². The van der Waals surface area contributed by atoms with Crippen LogP contribution in [0.4, 0.5) is 5.69 Å². The van der Waals surface area contributed by atoms with Crippen molar-refractivity contribution in [3.05, 3.63) is 29.3 Å². The zero-order chi connectivity index (χ0) is 13.2. The van der Waals surface area contributed by atoms with Gasteiger partial charge in [0, 0.05) is 24.8 Å². The van der Waals surface area contributed by atoms with Crippen molar-refractivity contribution in [1.29, 1.82) is 0 Å². The molecule has 1 aliphatic carbocycles. The number of nitrogens with one attached hydrogen (secondary N) is 1. The molecule has 2 nitrogen and oxygen atoms in total. The van der Waals surface area contributed by atoms with E-state index in [1.54, 1.807) is 0 Å². The SMILES string of the molecule is CNCc1ccc(N2CCCC3CCCC32)c(C)c1. The minimum absolute atomic E-state index is 0.822. The quantitative estimate of drug-likeness (QED) is 0.893. The normalized spacial score (nSPS) is 26.5. The van der Waals surface area contributed by atoms with E-state index in [0.717, 1.165) is 18.5 Å². The number of rotatable bonds is 3. The first kappa shape index (κ1) is 13.0. The van der Waals surface area contributed by atoms with E-state index in [0.29, 0.717) is 0 Å². The lowest BCUT2D eigenvalue weighted by Crippen LogP contribution is -2.43. The summed E-state index contributed by atoms with van der Waals surface area (Å²) in [6, 6.07) is 7.81. The van der Waals surface area contributed by atoms with Crippen molar-refractivity contribution in [3.8, 4) is 0 Å². The molecule has 2 heteroatoms. The molecule has 2 atom stereocenters. The van der Waals surface area contributed by atoms with Gasteiger partial charge < -0.3 is 10.2 Å². The van der Waals surface area contributed by atoms with Crippen molar-refractivity contribution in [3.63, 3.8) is 0 Å². The minimum Gasteiger partial charge on any atom is -0.368 e. The standard InChI is InChI=1S/C17H26N2/c1-13-11-14(12-18-2)8-9-16(13)19-10-4-6-15-5-3-7-17(15)19/h8-9,11,15,17-18H,3-7,10,12H2,1-2H3. The number of fused-ring (bicyclic) bond motifs is 1. The Morgan fingerprint density at radius 1 is 1.21 bits per heavy atom. The monoisotopic (exact) mass is 258 g/mol. The Balaban J connectivity index is 1.84. The first-order valence-corrected chi connectivity index (χ1v) is 7.80. The summed E-state index contributed by atoms with van der Waals surface area (Å²) >= 11 is 0. The van der Waals surface area contributed by atoms with Gasteiger partial charge in [-0.3, -0.25) is 0 Å². The third-order valence-corrected chi connectivity index (χ3v) is 4.94. The van der Waals surface area contributed by atoms with Crippen molar-refractivity contribution in [2.45, 2.75) is 51.6 Å². The number of benzene rings is 1. The molecule has 1 saturated heterocycles. The van der Waals surface area contributed by atoms with Gasteiger partial charge in [0.05, 0.1) is 0 Å². The average molecular weight is 258 g/mol. The van der Waals surface area contributed by atoms with Crippen LogP contribution in [-0.4, -0.2) is 19.6 Å². The van der Waals surface area contributed by atoms with Crippen LogP contribution in [0.2, 0.25) is 0 Å². The molecule has 1 aliphatic heterocycles. The zero-order valence-corrected chi connectivity index (χ0v) is 12.3. The summed E-state index contributed by atoms with van der Waals surface area (Å²) in [5.41, 5.74) is 4.32. The van der Waals surface area contributed by atoms with Crippen LogP contribution in [-0.2, 0) is 6.54 Å². The lowest BCUT2D eigenvalue weighted by Gasteiger charge is -2.40. The van der Waals surface area contributed by atoms with Crippen molar-refractivity contribution in [1.82, 2.24) is 5.32 Å². The van der Waals surface area contributed by atoms with E-state index in [9.17, 15) is 0 Å². The highest BCUT2D eigenvalue weighted by atomic mass is 15.2. The van der Waals surface area contributed by atoms with Gasteiger partial charge in [0.1, 0.15) is 0 Å². The molecule has 1 N–H and O–H groups in total. The minimum atomic E-state index is 0.822. The van der Waals surface area contributed by atoms with Crippen LogP contribution in [0.25, 0.3) is 0 Å². The third-order valence-electron chi connectivity index (χ3n) is 4.94. The van der Waals surface area contributed by atoms with E-state index in [-0.39, 0.29) is 0 Å². The number of aryl methyl sites for hydroxylation is 1. The average Bonchev–Trinajstić information content (AvgIpc) is 2.88. The maximum Gasteiger partial charge on any atom is 0.0398 e. The Morgan fingerprint density at radius 3 is 2.84 bits per heavy atom. The Morgan fingerprint density at radius 2 is 2.05 bits per heavy atom. The van der Waals surface area contributed by atoms with E-state index in [1.165, 1.54) is 55.5 Å². The van der Waals surface area contributed by atoms with Gasteiger partial charge in [0.2, 0.25) is 0 Å². The van der Waals surface area contributed by atoms with Gasteiger partial charge >= 0.3 is 0 Å². The summed E-state index contributed by atoms with van der Waals surface area (Å²) in [5.74, 6) is 0.963. The molecule has 0 radical (unpaired) electrons. The number of hydrogen-bond donors (Lipinski definition) is 1. The molecule has 0 aromatic heterocycles. The molecule has 0 spiro atoms. The molecular formula is C17H26N2. The molecule has 1 aromatic carbocycles. The molecule has 1 aromatic rings. The zero-order valence-electron chi connectivity index (χ0n) is 12.3. The fraction of sp³-hybridized carbons (Fsp3) is 0.647. The van der Waals surface area contributed by atoms with Crippen LogP contribution in [0, 0.1) is 12.8 Å². The lowest BCUT2D eigenvalue weighted by atomic mass is 9.91. The molecule has 0 bridgehead atoms. The van der Waals surface area contributed by atoms with Crippen LogP contribution in [0.15, 0.2) is 18.2 Å². The second-order valence-corrected chi connectivity index (χ2v) is 6.25. The fourth-order valence-corrected chi connectivity index (χ4v) is 4.11. The highest BCUT2D eigenvalue weighted by Crippen LogP contribution is 2.40. The topological polar surface area (TPSA) is 15.3 Å². The summed E-state index contributed by atoms with van der Waals surface area (Å²) in [4.78, 5) is 2.71. The first-order valence-electron chi connectivity index (χ1n) is 7.80. The molecule has 1 heterocycles. The second kappa shape index (κ2) is 5.54. The van der Waals surface area contributed by atoms with E-state index in [2.05, 4.69) is 35.3 Å². The van der Waals surface area contributed by atoms with Gasteiger partial charge in [-0.05, 0) is 62.8 Å². The largest absolute Gasteiger partial charge is 0.368 e. The number of piperidine rings is 1. The van der Waals surface area contributed by atoms with Crippen LogP contribution < -0.4 is 10.2 Å². The van der Waals surface area contributed by atoms with E-state index in [4.69, 9.17) is 0 Å². The van der Waals surface area contributed by atoms with Crippen molar-refractivity contribution >= 4 is 5.69 Å².